The first kappa shape index (κ1) is 15.8. The number of hydrogen-bond acceptors (Lipinski definition) is 3. The summed E-state index contributed by atoms with van der Waals surface area (Å²) in [4.78, 5) is 17.7. The standard InChI is InChI=1S/C17H24N4O2/c1-3-21-11-13-9-20(10-14(12-23-2)17(13)19-21)16(22)7-6-15-5-4-8-18-15/h4-5,8,11,14,18H,3,6-7,9-10,12H2,1-2H3. The number of carbonyl (C=O) groups excluding carboxylic acids is 1. The number of amides is 1. The Balaban J connectivity index is 1.69. The first-order valence-corrected chi connectivity index (χ1v) is 8.16. The molecular formula is C17H24N4O2. The molecule has 3 rings (SSSR count). The number of H-pyrrole nitrogens is 1. The highest BCUT2D eigenvalue weighted by Crippen LogP contribution is 2.28. The molecule has 0 saturated carbocycles. The van der Waals surface area contributed by atoms with Crippen LogP contribution in [0.5, 0.6) is 0 Å². The van der Waals surface area contributed by atoms with E-state index in [1.165, 1.54) is 0 Å². The second-order valence-electron chi connectivity index (χ2n) is 6.02. The van der Waals surface area contributed by atoms with Crippen molar-refractivity contribution in [1.29, 1.82) is 0 Å². The monoisotopic (exact) mass is 316 g/mol. The molecule has 23 heavy (non-hydrogen) atoms. The van der Waals surface area contributed by atoms with E-state index in [9.17, 15) is 4.79 Å². The molecule has 2 aromatic heterocycles. The van der Waals surface area contributed by atoms with Crippen LogP contribution < -0.4 is 0 Å². The molecule has 1 amide bonds. The maximum Gasteiger partial charge on any atom is 0.223 e. The van der Waals surface area contributed by atoms with Gasteiger partial charge in [0.15, 0.2) is 0 Å². The molecule has 0 fully saturated rings. The summed E-state index contributed by atoms with van der Waals surface area (Å²) >= 11 is 0. The lowest BCUT2D eigenvalue weighted by Gasteiger charge is -2.31. The Morgan fingerprint density at radius 2 is 2.39 bits per heavy atom. The average Bonchev–Trinajstić information content (AvgIpc) is 3.21. The minimum atomic E-state index is 0.158. The molecule has 1 N–H and O–H groups in total. The van der Waals surface area contributed by atoms with E-state index in [1.54, 1.807) is 7.11 Å². The van der Waals surface area contributed by atoms with Gasteiger partial charge in [0.25, 0.3) is 0 Å². The molecule has 1 aliphatic rings. The normalized spacial score (nSPS) is 17.3. The van der Waals surface area contributed by atoms with Crippen LogP contribution in [-0.2, 0) is 29.0 Å². The summed E-state index contributed by atoms with van der Waals surface area (Å²) in [5.41, 5.74) is 3.33. The minimum Gasteiger partial charge on any atom is -0.384 e. The van der Waals surface area contributed by atoms with Gasteiger partial charge in [-0.2, -0.15) is 5.10 Å². The number of nitrogens with one attached hydrogen (secondary N) is 1. The number of rotatable bonds is 6. The van der Waals surface area contributed by atoms with Crippen LogP contribution in [0.3, 0.4) is 0 Å². The molecule has 6 nitrogen and oxygen atoms in total. The molecule has 1 aliphatic heterocycles. The fourth-order valence-electron chi connectivity index (χ4n) is 3.17. The van der Waals surface area contributed by atoms with E-state index in [-0.39, 0.29) is 11.8 Å². The van der Waals surface area contributed by atoms with Crippen molar-refractivity contribution in [3.63, 3.8) is 0 Å². The maximum absolute atomic E-state index is 12.6. The Morgan fingerprint density at radius 3 is 3.09 bits per heavy atom. The van der Waals surface area contributed by atoms with Gasteiger partial charge in [-0.1, -0.05) is 0 Å². The lowest BCUT2D eigenvalue weighted by molar-refractivity contribution is -0.132. The summed E-state index contributed by atoms with van der Waals surface area (Å²) in [6.45, 7) is 4.84. The zero-order valence-electron chi connectivity index (χ0n) is 13.8. The van der Waals surface area contributed by atoms with E-state index in [2.05, 4.69) is 23.2 Å². The fourth-order valence-corrected chi connectivity index (χ4v) is 3.17. The van der Waals surface area contributed by atoms with Crippen LogP contribution in [0.4, 0.5) is 0 Å². The van der Waals surface area contributed by atoms with Crippen LogP contribution >= 0.6 is 0 Å². The second kappa shape index (κ2) is 7.00. The number of hydrogen-bond donors (Lipinski definition) is 1. The second-order valence-corrected chi connectivity index (χ2v) is 6.02. The van der Waals surface area contributed by atoms with Crippen LogP contribution in [0.25, 0.3) is 0 Å². The van der Waals surface area contributed by atoms with Crippen LogP contribution in [0, 0.1) is 0 Å². The highest BCUT2D eigenvalue weighted by Gasteiger charge is 2.30. The summed E-state index contributed by atoms with van der Waals surface area (Å²) in [5.74, 6) is 0.349. The van der Waals surface area contributed by atoms with Crippen molar-refractivity contribution >= 4 is 5.91 Å². The molecule has 1 atom stereocenters. The third-order valence-electron chi connectivity index (χ3n) is 4.37. The van der Waals surface area contributed by atoms with Gasteiger partial charge in [-0.25, -0.2) is 0 Å². The maximum atomic E-state index is 12.6. The summed E-state index contributed by atoms with van der Waals surface area (Å²) in [5, 5.41) is 4.64. The van der Waals surface area contributed by atoms with E-state index < -0.39 is 0 Å². The lowest BCUT2D eigenvalue weighted by atomic mass is 9.97. The van der Waals surface area contributed by atoms with Crippen molar-refractivity contribution in [3.8, 4) is 0 Å². The average molecular weight is 316 g/mol. The number of methoxy groups -OCH3 is 1. The molecule has 0 aromatic carbocycles. The van der Waals surface area contributed by atoms with Crippen LogP contribution in [0.15, 0.2) is 24.5 Å². The predicted octanol–water partition coefficient (Wildman–Crippen LogP) is 1.94. The Kier molecular flexibility index (Phi) is 4.81. The highest BCUT2D eigenvalue weighted by atomic mass is 16.5. The van der Waals surface area contributed by atoms with E-state index >= 15 is 0 Å². The zero-order valence-corrected chi connectivity index (χ0v) is 13.8. The van der Waals surface area contributed by atoms with Crippen molar-refractivity contribution in [2.45, 2.75) is 38.8 Å². The Morgan fingerprint density at radius 1 is 1.52 bits per heavy atom. The molecule has 0 aliphatic carbocycles. The van der Waals surface area contributed by atoms with Gasteiger partial charge in [-0.3, -0.25) is 9.48 Å². The first-order chi connectivity index (χ1) is 11.2. The number of aryl methyl sites for hydroxylation is 2. The Labute approximate surface area is 136 Å². The van der Waals surface area contributed by atoms with Crippen molar-refractivity contribution < 1.29 is 9.53 Å². The van der Waals surface area contributed by atoms with E-state index in [0.29, 0.717) is 26.1 Å². The number of nitrogens with zero attached hydrogens (tertiary/aromatic N) is 3. The summed E-state index contributed by atoms with van der Waals surface area (Å²) in [6, 6.07) is 3.97. The molecular weight excluding hydrogens is 292 g/mol. The molecule has 0 bridgehead atoms. The molecule has 0 saturated heterocycles. The van der Waals surface area contributed by atoms with Crippen molar-refractivity contribution in [1.82, 2.24) is 19.7 Å². The smallest absolute Gasteiger partial charge is 0.223 e. The molecule has 3 heterocycles. The summed E-state index contributed by atoms with van der Waals surface area (Å²) in [7, 11) is 1.70. The summed E-state index contributed by atoms with van der Waals surface area (Å²) < 4.78 is 7.28. The number of carbonyl (C=O) groups is 1. The zero-order chi connectivity index (χ0) is 16.2. The van der Waals surface area contributed by atoms with Gasteiger partial charge in [-0.05, 0) is 25.5 Å². The van der Waals surface area contributed by atoms with Gasteiger partial charge in [0.2, 0.25) is 5.91 Å². The predicted molar refractivity (Wildman–Crippen MR) is 87.0 cm³/mol. The number of ether oxygens (including phenoxy) is 1. The highest BCUT2D eigenvalue weighted by molar-refractivity contribution is 5.76. The third kappa shape index (κ3) is 3.47. The molecule has 1 unspecified atom stereocenters. The van der Waals surface area contributed by atoms with Crippen molar-refractivity contribution in [2.24, 2.45) is 0 Å². The van der Waals surface area contributed by atoms with Gasteiger partial charge >= 0.3 is 0 Å². The van der Waals surface area contributed by atoms with Crippen LogP contribution in [0.1, 0.15) is 36.2 Å². The van der Waals surface area contributed by atoms with Crippen molar-refractivity contribution in [3.05, 3.63) is 41.5 Å². The number of aromatic nitrogens is 3. The SMILES string of the molecule is CCn1cc2c(n1)C(COC)CN(C(=O)CCc1ccc[nH]1)C2. The van der Waals surface area contributed by atoms with Gasteiger partial charge in [-0.15, -0.1) is 0 Å². The van der Waals surface area contributed by atoms with Gasteiger partial charge in [0.1, 0.15) is 0 Å². The van der Waals surface area contributed by atoms with E-state index in [1.807, 2.05) is 27.9 Å². The quantitative estimate of drug-likeness (QED) is 0.886. The molecule has 124 valence electrons. The Hall–Kier alpha value is -2.08. The van der Waals surface area contributed by atoms with Gasteiger partial charge in [0.05, 0.1) is 12.3 Å². The molecule has 6 heteroatoms. The van der Waals surface area contributed by atoms with E-state index in [0.717, 1.165) is 29.9 Å². The largest absolute Gasteiger partial charge is 0.384 e. The number of aromatic amines is 1. The van der Waals surface area contributed by atoms with Crippen LogP contribution in [-0.4, -0.2) is 45.8 Å². The van der Waals surface area contributed by atoms with Crippen LogP contribution in [0.2, 0.25) is 0 Å². The van der Waals surface area contributed by atoms with Gasteiger partial charge in [0, 0.05) is 62.7 Å². The fraction of sp³-hybridized carbons (Fsp3) is 0.529. The molecule has 0 spiro atoms. The minimum absolute atomic E-state index is 0.158. The lowest BCUT2D eigenvalue weighted by Crippen LogP contribution is -2.39. The van der Waals surface area contributed by atoms with Crippen molar-refractivity contribution in [2.75, 3.05) is 20.3 Å². The van der Waals surface area contributed by atoms with Gasteiger partial charge < -0.3 is 14.6 Å². The molecule has 0 radical (unpaired) electrons. The first-order valence-electron chi connectivity index (χ1n) is 8.16. The molecule has 2 aromatic rings. The third-order valence-corrected chi connectivity index (χ3v) is 4.37. The van der Waals surface area contributed by atoms with E-state index in [4.69, 9.17) is 4.74 Å². The summed E-state index contributed by atoms with van der Waals surface area (Å²) in [6.07, 6.45) is 5.22. The topological polar surface area (TPSA) is 63.1 Å². The number of fused-ring (bicyclic) bond motifs is 1. The Bertz CT molecular complexity index is 648.